The fourth-order valence-electron chi connectivity index (χ4n) is 4.08. The van der Waals surface area contributed by atoms with Gasteiger partial charge >= 0.3 is 0 Å². The smallest absolute Gasteiger partial charge is 0.237 e. The largest absolute Gasteiger partial charge is 0.490 e. The number of carbonyl (C=O) groups is 1. The molecule has 2 heterocycles. The van der Waals surface area contributed by atoms with Crippen molar-refractivity contribution in [1.82, 2.24) is 10.2 Å². The van der Waals surface area contributed by atoms with Crippen LogP contribution in [0.5, 0.6) is 11.5 Å². The van der Waals surface area contributed by atoms with Gasteiger partial charge in [-0.1, -0.05) is 35.9 Å². The van der Waals surface area contributed by atoms with Crippen molar-refractivity contribution in [3.8, 4) is 11.5 Å². The zero-order valence-corrected chi connectivity index (χ0v) is 17.5. The second-order valence-electron chi connectivity index (χ2n) is 7.63. The van der Waals surface area contributed by atoms with Gasteiger partial charge in [-0.25, -0.2) is 0 Å². The van der Waals surface area contributed by atoms with Crippen LogP contribution in [0.2, 0.25) is 5.02 Å². The summed E-state index contributed by atoms with van der Waals surface area (Å²) in [5.41, 5.74) is 2.11. The van der Waals surface area contributed by atoms with E-state index in [1.165, 1.54) is 0 Å². The van der Waals surface area contributed by atoms with E-state index in [1.807, 2.05) is 48.2 Å². The van der Waals surface area contributed by atoms with Crippen molar-refractivity contribution in [2.24, 2.45) is 0 Å². The van der Waals surface area contributed by atoms with Crippen LogP contribution in [0.1, 0.15) is 49.4 Å². The summed E-state index contributed by atoms with van der Waals surface area (Å²) in [6.07, 6.45) is 2.85. The number of hydrogen-bond donors (Lipinski definition) is 1. The lowest BCUT2D eigenvalue weighted by Crippen LogP contribution is -2.38. The summed E-state index contributed by atoms with van der Waals surface area (Å²) in [6.45, 7) is 4.43. The number of rotatable bonds is 5. The van der Waals surface area contributed by atoms with Crippen molar-refractivity contribution in [2.75, 3.05) is 26.3 Å². The topological polar surface area (TPSA) is 50.8 Å². The van der Waals surface area contributed by atoms with Gasteiger partial charge in [-0.2, -0.15) is 0 Å². The molecule has 0 aliphatic carbocycles. The Morgan fingerprint density at radius 1 is 1.17 bits per heavy atom. The van der Waals surface area contributed by atoms with Crippen molar-refractivity contribution < 1.29 is 14.3 Å². The molecule has 2 atom stereocenters. The molecule has 0 bridgehead atoms. The highest BCUT2D eigenvalue weighted by molar-refractivity contribution is 6.31. The summed E-state index contributed by atoms with van der Waals surface area (Å²) in [7, 11) is 0. The molecular weight excluding hydrogens is 388 g/mol. The SMILES string of the molecule is C[C@H](NCC(=O)N1CCC[C@@H]1c1ccc2c(c1)OCCCO2)c1ccccc1Cl. The molecule has 29 heavy (non-hydrogen) atoms. The van der Waals surface area contributed by atoms with Crippen molar-refractivity contribution in [3.63, 3.8) is 0 Å². The minimum atomic E-state index is 0.00625. The molecule has 2 aliphatic heterocycles. The van der Waals surface area contributed by atoms with Gasteiger partial charge in [0.2, 0.25) is 5.91 Å². The average Bonchev–Trinajstić information content (AvgIpc) is 3.11. The lowest BCUT2D eigenvalue weighted by molar-refractivity contribution is -0.131. The molecule has 0 unspecified atom stereocenters. The Bertz CT molecular complexity index is 873. The molecule has 2 aromatic rings. The summed E-state index contributed by atoms with van der Waals surface area (Å²) in [4.78, 5) is 14.9. The predicted octanol–water partition coefficient (Wildman–Crippen LogP) is 4.52. The van der Waals surface area contributed by atoms with Crippen molar-refractivity contribution in [2.45, 2.75) is 38.3 Å². The van der Waals surface area contributed by atoms with Crippen LogP contribution < -0.4 is 14.8 Å². The molecule has 0 radical (unpaired) electrons. The van der Waals surface area contributed by atoms with E-state index < -0.39 is 0 Å². The second-order valence-corrected chi connectivity index (χ2v) is 8.03. The molecule has 0 spiro atoms. The van der Waals surface area contributed by atoms with Crippen molar-refractivity contribution in [3.05, 3.63) is 58.6 Å². The maximum Gasteiger partial charge on any atom is 0.237 e. The molecule has 1 amide bonds. The highest BCUT2D eigenvalue weighted by Gasteiger charge is 2.30. The lowest BCUT2D eigenvalue weighted by Gasteiger charge is -2.27. The van der Waals surface area contributed by atoms with E-state index in [2.05, 4.69) is 11.4 Å². The van der Waals surface area contributed by atoms with Gasteiger partial charge in [0.15, 0.2) is 11.5 Å². The number of nitrogens with zero attached hydrogens (tertiary/aromatic N) is 1. The van der Waals surface area contributed by atoms with Crippen molar-refractivity contribution >= 4 is 17.5 Å². The molecule has 0 aromatic heterocycles. The molecule has 154 valence electrons. The Balaban J connectivity index is 1.42. The van der Waals surface area contributed by atoms with E-state index in [9.17, 15) is 4.79 Å². The summed E-state index contributed by atoms with van der Waals surface area (Å²) >= 11 is 6.28. The fraction of sp³-hybridized carbons (Fsp3) is 0.435. The second kappa shape index (κ2) is 9.06. The Morgan fingerprint density at radius 3 is 2.79 bits per heavy atom. The zero-order chi connectivity index (χ0) is 20.2. The molecule has 0 saturated carbocycles. The van der Waals surface area contributed by atoms with Crippen LogP contribution >= 0.6 is 11.6 Å². The first kappa shape index (κ1) is 20.0. The van der Waals surface area contributed by atoms with Gasteiger partial charge in [0.05, 0.1) is 25.8 Å². The zero-order valence-electron chi connectivity index (χ0n) is 16.7. The van der Waals surface area contributed by atoms with Gasteiger partial charge in [0.1, 0.15) is 0 Å². The van der Waals surface area contributed by atoms with Gasteiger partial charge in [-0.05, 0) is 49.1 Å². The van der Waals surface area contributed by atoms with Gasteiger partial charge < -0.3 is 19.7 Å². The van der Waals surface area contributed by atoms with E-state index in [0.29, 0.717) is 18.2 Å². The first-order valence-corrected chi connectivity index (χ1v) is 10.7. The normalized spacial score (nSPS) is 19.7. The van der Waals surface area contributed by atoms with Gasteiger partial charge in [0.25, 0.3) is 0 Å². The number of benzene rings is 2. The minimum Gasteiger partial charge on any atom is -0.490 e. The summed E-state index contributed by atoms with van der Waals surface area (Å²) in [5.74, 6) is 1.68. The number of ether oxygens (including phenoxy) is 2. The first-order valence-electron chi connectivity index (χ1n) is 10.3. The number of nitrogens with one attached hydrogen (secondary N) is 1. The molecule has 1 N–H and O–H groups in total. The van der Waals surface area contributed by atoms with Crippen LogP contribution in [0.4, 0.5) is 0 Å². The lowest BCUT2D eigenvalue weighted by atomic mass is 10.0. The van der Waals surface area contributed by atoms with Crippen LogP contribution in [0.25, 0.3) is 0 Å². The Morgan fingerprint density at radius 2 is 1.97 bits per heavy atom. The molecule has 4 rings (SSSR count). The van der Waals surface area contributed by atoms with Crippen LogP contribution in [-0.2, 0) is 4.79 Å². The third-order valence-electron chi connectivity index (χ3n) is 5.66. The summed E-state index contributed by atoms with van der Waals surface area (Å²) in [6, 6.07) is 13.9. The quantitative estimate of drug-likeness (QED) is 0.781. The molecule has 6 heteroatoms. The molecule has 5 nitrogen and oxygen atoms in total. The molecule has 2 aliphatic rings. The maximum absolute atomic E-state index is 13.0. The molecular formula is C23H27ClN2O3. The number of carbonyl (C=O) groups excluding carboxylic acids is 1. The monoisotopic (exact) mass is 414 g/mol. The van der Waals surface area contributed by atoms with E-state index in [4.69, 9.17) is 21.1 Å². The predicted molar refractivity (Wildman–Crippen MR) is 114 cm³/mol. The summed E-state index contributed by atoms with van der Waals surface area (Å²) < 4.78 is 11.6. The Hall–Kier alpha value is -2.24. The number of fused-ring (bicyclic) bond motifs is 1. The van der Waals surface area contributed by atoms with E-state index in [0.717, 1.165) is 48.4 Å². The fourth-order valence-corrected chi connectivity index (χ4v) is 4.38. The van der Waals surface area contributed by atoms with Gasteiger partial charge in [-0.3, -0.25) is 4.79 Å². The van der Waals surface area contributed by atoms with E-state index >= 15 is 0 Å². The third kappa shape index (κ3) is 4.51. The highest BCUT2D eigenvalue weighted by atomic mass is 35.5. The first-order chi connectivity index (χ1) is 14.1. The average molecular weight is 415 g/mol. The van der Waals surface area contributed by atoms with Gasteiger partial charge in [0, 0.05) is 24.0 Å². The van der Waals surface area contributed by atoms with E-state index in [1.54, 1.807) is 0 Å². The number of amides is 1. The number of likely N-dealkylation sites (tertiary alicyclic amines) is 1. The van der Waals surface area contributed by atoms with Crippen molar-refractivity contribution in [1.29, 1.82) is 0 Å². The minimum absolute atomic E-state index is 0.00625. The molecule has 1 saturated heterocycles. The van der Waals surface area contributed by atoms with Crippen LogP contribution in [0.3, 0.4) is 0 Å². The molecule has 1 fully saturated rings. The highest BCUT2D eigenvalue weighted by Crippen LogP contribution is 2.38. The number of halogens is 1. The van der Waals surface area contributed by atoms with Crippen LogP contribution in [-0.4, -0.2) is 37.1 Å². The molecule has 2 aromatic carbocycles. The summed E-state index contributed by atoms with van der Waals surface area (Å²) in [5, 5.41) is 4.04. The van der Waals surface area contributed by atoms with E-state index in [-0.39, 0.29) is 24.5 Å². The van der Waals surface area contributed by atoms with Crippen LogP contribution in [0, 0.1) is 0 Å². The maximum atomic E-state index is 13.0. The Labute approximate surface area is 176 Å². The standard InChI is InChI=1S/C23H27ClN2O3/c1-16(18-6-2-3-7-19(18)24)25-15-23(27)26-11-4-8-20(26)17-9-10-21-22(14-17)29-13-5-12-28-21/h2-3,6-7,9-10,14,16,20,25H,4-5,8,11-13,15H2,1H3/t16-,20+/m0/s1. The Kier molecular flexibility index (Phi) is 6.26. The third-order valence-corrected chi connectivity index (χ3v) is 6.00. The number of hydrogen-bond acceptors (Lipinski definition) is 4. The van der Waals surface area contributed by atoms with Gasteiger partial charge in [-0.15, -0.1) is 0 Å². The van der Waals surface area contributed by atoms with Crippen LogP contribution in [0.15, 0.2) is 42.5 Å².